The second-order valence-corrected chi connectivity index (χ2v) is 7.46. The summed E-state index contributed by atoms with van der Waals surface area (Å²) in [6.07, 6.45) is 0. The van der Waals surface area contributed by atoms with Crippen molar-refractivity contribution in [2.24, 2.45) is 0 Å². The summed E-state index contributed by atoms with van der Waals surface area (Å²) in [7, 11) is 0.743. The van der Waals surface area contributed by atoms with E-state index in [1.54, 1.807) is 27.0 Å². The topological polar surface area (TPSA) is 67.8 Å². The highest BCUT2D eigenvalue weighted by Crippen LogP contribution is 2.04. The Bertz CT molecular complexity index is 149. The molecule has 0 saturated carbocycles. The van der Waals surface area contributed by atoms with E-state index in [9.17, 15) is 0 Å². The van der Waals surface area contributed by atoms with Crippen LogP contribution in [-0.2, 0) is 23.8 Å². The minimum Gasteiger partial charge on any atom is -0.778 e. The molecular formula is C5H15O5SSi2-. The molecule has 0 saturated heterocycles. The molecule has 0 radical (unpaired) electrons. The molecule has 0 aromatic heterocycles. The summed E-state index contributed by atoms with van der Waals surface area (Å²) in [5.74, 6) is 0. The second-order valence-electron chi connectivity index (χ2n) is 1.82. The predicted molar refractivity (Wildman–Crippen MR) is 55.8 cm³/mol. The van der Waals surface area contributed by atoms with Gasteiger partial charge in [0.1, 0.15) is 0 Å². The van der Waals surface area contributed by atoms with E-state index >= 15 is 0 Å². The van der Waals surface area contributed by atoms with Crippen molar-refractivity contribution in [3.8, 4) is 0 Å². The Labute approximate surface area is 84.8 Å². The lowest BCUT2D eigenvalue weighted by Gasteiger charge is -2.19. The smallest absolute Gasteiger partial charge is 0.528 e. The van der Waals surface area contributed by atoms with Crippen LogP contribution in [0.1, 0.15) is 0 Å². The summed E-state index contributed by atoms with van der Waals surface area (Å²) in [4.78, 5) is 0. The molecule has 0 aliphatic heterocycles. The summed E-state index contributed by atoms with van der Waals surface area (Å²) in [6, 6.07) is 0. The van der Waals surface area contributed by atoms with Gasteiger partial charge in [0.25, 0.3) is 0 Å². The zero-order valence-electron chi connectivity index (χ0n) is 8.23. The molecule has 1 atom stereocenters. The molecule has 0 rings (SSSR count). The van der Waals surface area contributed by atoms with E-state index in [2.05, 4.69) is 6.58 Å². The van der Waals surface area contributed by atoms with Crippen LogP contribution < -0.4 is 0 Å². The minimum atomic E-state index is -2.43. The normalized spacial score (nSPS) is 12.9. The fraction of sp³-hybridized carbons (Fsp3) is 0.600. The molecule has 0 aromatic rings. The van der Waals surface area contributed by atoms with Gasteiger partial charge in [0.05, 0.1) is 9.39 Å². The highest BCUT2D eigenvalue weighted by atomic mass is 32.4. The van der Waals surface area contributed by atoms with Crippen molar-refractivity contribution >= 4 is 28.7 Å². The van der Waals surface area contributed by atoms with Gasteiger partial charge in [-0.05, 0) is 5.70 Å². The van der Waals surface area contributed by atoms with Crippen molar-refractivity contribution in [1.29, 1.82) is 0 Å². The molecule has 0 N–H and O–H groups in total. The summed E-state index contributed by atoms with van der Waals surface area (Å²) in [5.41, 5.74) is 1.58. The third-order valence-electron chi connectivity index (χ3n) is 1.10. The van der Waals surface area contributed by atoms with E-state index in [0.29, 0.717) is 0 Å². The zero-order chi connectivity index (χ0) is 10.9. The highest BCUT2D eigenvalue weighted by Gasteiger charge is 2.33. The Kier molecular flexibility index (Phi) is 10.5. The van der Waals surface area contributed by atoms with Gasteiger partial charge in [-0.15, -0.1) is 0 Å². The third kappa shape index (κ3) is 8.49. The molecular weight excluding hydrogens is 228 g/mol. The quantitative estimate of drug-likeness (QED) is 0.455. The Hall–Kier alpha value is 0.164. The van der Waals surface area contributed by atoms with Crippen molar-refractivity contribution < 1.29 is 22.0 Å². The van der Waals surface area contributed by atoms with Crippen molar-refractivity contribution in [3.05, 3.63) is 12.3 Å². The van der Waals surface area contributed by atoms with Crippen molar-refractivity contribution in [2.45, 2.75) is 0 Å². The highest BCUT2D eigenvalue weighted by molar-refractivity contribution is 8.01. The standard InChI is InChI=1S/C5H12O3Si.H4O2SSi/c1-5-9(6-2,7-3)8-4;1-3(2)4/h5H,1H2,2-4H3;4H3,(H,1,2)/p-1. The van der Waals surface area contributed by atoms with Gasteiger partial charge in [0.15, 0.2) is 0 Å². The molecule has 0 amide bonds. The molecule has 0 aliphatic carbocycles. The molecule has 5 nitrogen and oxygen atoms in total. The van der Waals surface area contributed by atoms with Crippen LogP contribution in [0, 0.1) is 0 Å². The molecule has 0 bridgehead atoms. The first kappa shape index (κ1) is 15.6. The Balaban J connectivity index is 0. The maximum atomic E-state index is 9.06. The van der Waals surface area contributed by atoms with Gasteiger partial charge < -0.3 is 17.8 Å². The summed E-state index contributed by atoms with van der Waals surface area (Å²) < 4.78 is 33.0. The second kappa shape index (κ2) is 8.75. The van der Waals surface area contributed by atoms with Crippen molar-refractivity contribution in [2.75, 3.05) is 21.3 Å². The van der Waals surface area contributed by atoms with Crippen LogP contribution >= 0.6 is 0 Å². The molecule has 0 fully saturated rings. The van der Waals surface area contributed by atoms with E-state index in [1.807, 2.05) is 0 Å². The molecule has 80 valence electrons. The van der Waals surface area contributed by atoms with E-state index in [0.717, 1.165) is 0 Å². The summed E-state index contributed by atoms with van der Waals surface area (Å²) in [5, 5.41) is 0. The van der Waals surface area contributed by atoms with Gasteiger partial charge in [-0.25, -0.2) is 0 Å². The van der Waals surface area contributed by atoms with E-state index in [1.165, 1.54) is 0 Å². The van der Waals surface area contributed by atoms with Gasteiger partial charge in [-0.1, -0.05) is 17.1 Å². The van der Waals surface area contributed by atoms with Crippen LogP contribution in [0.5, 0.6) is 0 Å². The van der Waals surface area contributed by atoms with Crippen LogP contribution in [0.25, 0.3) is 0 Å². The lowest BCUT2D eigenvalue weighted by Crippen LogP contribution is -2.40. The SMILES string of the molecule is C=C[Si](OC)(OC)OC.O=S([O-])[SiH3]. The monoisotopic (exact) mass is 243 g/mol. The first-order chi connectivity index (χ1) is 5.97. The number of hydrogen-bond acceptors (Lipinski definition) is 5. The van der Waals surface area contributed by atoms with E-state index < -0.39 is 19.3 Å². The first-order valence-electron chi connectivity index (χ1n) is 3.28. The van der Waals surface area contributed by atoms with Crippen LogP contribution in [0.15, 0.2) is 12.3 Å². The van der Waals surface area contributed by atoms with Gasteiger partial charge in [-0.3, -0.25) is 4.21 Å². The maximum Gasteiger partial charge on any atom is 0.528 e. The molecule has 8 heteroatoms. The largest absolute Gasteiger partial charge is 0.778 e. The summed E-state index contributed by atoms with van der Waals surface area (Å²) >= 11 is 0. The molecule has 1 unspecified atom stereocenters. The van der Waals surface area contributed by atoms with Gasteiger partial charge in [-0.2, -0.15) is 0 Å². The maximum absolute atomic E-state index is 9.06. The van der Waals surface area contributed by atoms with Crippen molar-refractivity contribution in [1.82, 2.24) is 0 Å². The van der Waals surface area contributed by atoms with Crippen LogP contribution in [0.2, 0.25) is 0 Å². The lowest BCUT2D eigenvalue weighted by molar-refractivity contribution is 0.138. The van der Waals surface area contributed by atoms with Crippen LogP contribution in [0.3, 0.4) is 0 Å². The molecule has 0 spiro atoms. The summed E-state index contributed by atoms with van der Waals surface area (Å²) in [6.45, 7) is 3.53. The number of rotatable bonds is 4. The molecule has 0 aliphatic rings. The average Bonchev–Trinajstić information content (AvgIpc) is 2.09. The lowest BCUT2D eigenvalue weighted by atomic mass is 11.3. The van der Waals surface area contributed by atoms with Crippen LogP contribution in [-0.4, -0.2) is 48.3 Å². The third-order valence-corrected chi connectivity index (χ3v) is 3.31. The molecule has 0 heterocycles. The van der Waals surface area contributed by atoms with Crippen LogP contribution in [0.4, 0.5) is 0 Å². The Morgan fingerprint density at radius 1 is 1.38 bits per heavy atom. The van der Waals surface area contributed by atoms with E-state index in [4.69, 9.17) is 22.0 Å². The molecule has 0 aromatic carbocycles. The van der Waals surface area contributed by atoms with E-state index in [-0.39, 0.29) is 9.39 Å². The van der Waals surface area contributed by atoms with Gasteiger partial charge >= 0.3 is 8.80 Å². The Morgan fingerprint density at radius 2 is 1.62 bits per heavy atom. The number of hydrogen-bond donors (Lipinski definition) is 0. The minimum absolute atomic E-state index is 0.265. The fourth-order valence-electron chi connectivity index (χ4n) is 0.500. The fourth-order valence-corrected chi connectivity index (χ4v) is 1.50. The predicted octanol–water partition coefficient (Wildman–Crippen LogP) is -1.26. The average molecular weight is 243 g/mol. The zero-order valence-corrected chi connectivity index (χ0v) is 12.1. The first-order valence-corrected chi connectivity index (χ1v) is 9.01. The Morgan fingerprint density at radius 3 is 1.62 bits per heavy atom. The van der Waals surface area contributed by atoms with Gasteiger partial charge in [0, 0.05) is 21.3 Å². The van der Waals surface area contributed by atoms with Gasteiger partial charge in [0.2, 0.25) is 0 Å². The molecule has 13 heavy (non-hydrogen) atoms. The van der Waals surface area contributed by atoms with Crippen molar-refractivity contribution in [3.63, 3.8) is 0 Å².